The fourth-order valence-electron chi connectivity index (χ4n) is 2.80. The van der Waals surface area contributed by atoms with Crippen LogP contribution in [0.5, 0.6) is 5.88 Å². The summed E-state index contributed by atoms with van der Waals surface area (Å²) in [5.74, 6) is 1.61. The van der Waals surface area contributed by atoms with Crippen molar-refractivity contribution >= 4 is 29.9 Å². The Labute approximate surface area is 162 Å². The Morgan fingerprint density at radius 3 is 2.71 bits per heavy atom. The second kappa shape index (κ2) is 11.5. The molecule has 6 nitrogen and oxygen atoms in total. The van der Waals surface area contributed by atoms with Crippen LogP contribution >= 0.6 is 24.0 Å². The molecule has 1 N–H and O–H groups in total. The number of aromatic nitrogens is 1. The zero-order chi connectivity index (χ0) is 16.5. The van der Waals surface area contributed by atoms with Crippen LogP contribution in [0, 0.1) is 0 Å². The van der Waals surface area contributed by atoms with Gasteiger partial charge < -0.3 is 19.7 Å². The predicted octanol–water partition coefficient (Wildman–Crippen LogP) is 2.67. The predicted molar refractivity (Wildman–Crippen MR) is 107 cm³/mol. The number of hydrogen-bond acceptors (Lipinski definition) is 4. The highest BCUT2D eigenvalue weighted by atomic mass is 127. The Hall–Kier alpha value is -1.09. The Balaban J connectivity index is 0.00000288. The van der Waals surface area contributed by atoms with Gasteiger partial charge >= 0.3 is 0 Å². The molecule has 0 saturated carbocycles. The lowest BCUT2D eigenvalue weighted by Gasteiger charge is -2.34. The van der Waals surface area contributed by atoms with Gasteiger partial charge in [0.15, 0.2) is 5.96 Å². The van der Waals surface area contributed by atoms with Crippen molar-refractivity contribution in [3.63, 3.8) is 0 Å². The number of hydrogen-bond donors (Lipinski definition) is 1. The summed E-state index contributed by atoms with van der Waals surface area (Å²) in [4.78, 5) is 11.0. The highest BCUT2D eigenvalue weighted by Crippen LogP contribution is 2.16. The molecule has 1 fully saturated rings. The molecule has 1 aromatic rings. The van der Waals surface area contributed by atoms with Crippen LogP contribution < -0.4 is 10.1 Å². The summed E-state index contributed by atoms with van der Waals surface area (Å²) in [5.41, 5.74) is 1.04. The maximum atomic E-state index is 5.70. The van der Waals surface area contributed by atoms with E-state index in [0.29, 0.717) is 25.1 Å². The van der Waals surface area contributed by atoms with Crippen molar-refractivity contribution in [3.8, 4) is 5.88 Å². The van der Waals surface area contributed by atoms with E-state index in [1.54, 1.807) is 6.20 Å². The number of guanidine groups is 1. The molecule has 24 heavy (non-hydrogen) atoms. The fraction of sp³-hybridized carbons (Fsp3) is 0.647. The number of likely N-dealkylation sites (tertiary alicyclic amines) is 1. The molecule has 136 valence electrons. The van der Waals surface area contributed by atoms with E-state index in [0.717, 1.165) is 44.1 Å². The van der Waals surface area contributed by atoms with E-state index < -0.39 is 0 Å². The molecule has 0 bridgehead atoms. The van der Waals surface area contributed by atoms with Crippen molar-refractivity contribution in [2.45, 2.75) is 39.3 Å². The van der Waals surface area contributed by atoms with Gasteiger partial charge in [-0.3, -0.25) is 4.99 Å². The summed E-state index contributed by atoms with van der Waals surface area (Å²) >= 11 is 0. The van der Waals surface area contributed by atoms with Gasteiger partial charge in [0.2, 0.25) is 5.88 Å². The van der Waals surface area contributed by atoms with Crippen LogP contribution in [0.3, 0.4) is 0 Å². The number of pyridine rings is 1. The van der Waals surface area contributed by atoms with Gasteiger partial charge in [-0.05, 0) is 32.8 Å². The third kappa shape index (κ3) is 6.08. The molecule has 7 heteroatoms. The standard InChI is InChI=1S/C17H28N4O2.HI/c1-4-22-15-8-11-21(12-9-15)17(18-3)20-13-14-7-6-10-19-16(14)23-5-2;/h6-7,10,15H,4-5,8-9,11-13H2,1-3H3,(H,18,20);1H. The minimum Gasteiger partial charge on any atom is -0.478 e. The Bertz CT molecular complexity index is 505. The first kappa shape index (κ1) is 21.0. The molecule has 0 aliphatic carbocycles. The molecule has 1 aliphatic heterocycles. The van der Waals surface area contributed by atoms with E-state index in [1.165, 1.54) is 0 Å². The van der Waals surface area contributed by atoms with Gasteiger partial charge in [-0.2, -0.15) is 0 Å². The molecule has 1 aromatic heterocycles. The summed E-state index contributed by atoms with van der Waals surface area (Å²) in [6, 6.07) is 3.95. The molecule has 0 spiro atoms. The van der Waals surface area contributed by atoms with Crippen LogP contribution in [-0.2, 0) is 11.3 Å². The molecular weight excluding hydrogens is 419 g/mol. The lowest BCUT2D eigenvalue weighted by molar-refractivity contribution is 0.0263. The maximum absolute atomic E-state index is 5.70. The van der Waals surface area contributed by atoms with Crippen molar-refractivity contribution in [2.24, 2.45) is 4.99 Å². The van der Waals surface area contributed by atoms with Gasteiger partial charge in [-0.25, -0.2) is 4.98 Å². The zero-order valence-corrected chi connectivity index (χ0v) is 17.2. The van der Waals surface area contributed by atoms with Crippen molar-refractivity contribution in [1.82, 2.24) is 15.2 Å². The smallest absolute Gasteiger partial charge is 0.218 e. The highest BCUT2D eigenvalue weighted by molar-refractivity contribution is 14.0. The van der Waals surface area contributed by atoms with Crippen molar-refractivity contribution in [2.75, 3.05) is 33.4 Å². The van der Waals surface area contributed by atoms with Crippen LogP contribution in [0.2, 0.25) is 0 Å². The molecule has 0 radical (unpaired) electrons. The minimum absolute atomic E-state index is 0. The van der Waals surface area contributed by atoms with Crippen LogP contribution in [0.1, 0.15) is 32.3 Å². The van der Waals surface area contributed by atoms with Crippen LogP contribution in [-0.4, -0.2) is 55.3 Å². The maximum Gasteiger partial charge on any atom is 0.218 e. The molecule has 2 rings (SSSR count). The lowest BCUT2D eigenvalue weighted by Crippen LogP contribution is -2.46. The van der Waals surface area contributed by atoms with Gasteiger partial charge in [-0.15, -0.1) is 24.0 Å². The number of rotatable bonds is 6. The summed E-state index contributed by atoms with van der Waals surface area (Å²) in [6.07, 6.45) is 4.23. The topological polar surface area (TPSA) is 59.0 Å². The first-order valence-electron chi connectivity index (χ1n) is 8.42. The third-order valence-electron chi connectivity index (χ3n) is 3.92. The normalized spacial score (nSPS) is 15.8. The summed E-state index contributed by atoms with van der Waals surface area (Å²) in [5, 5.41) is 3.42. The fourth-order valence-corrected chi connectivity index (χ4v) is 2.80. The van der Waals surface area contributed by atoms with Gasteiger partial charge in [0.25, 0.3) is 0 Å². The molecular formula is C17H29IN4O2. The molecule has 0 unspecified atom stereocenters. The zero-order valence-electron chi connectivity index (χ0n) is 14.8. The number of nitrogens with one attached hydrogen (secondary N) is 1. The molecule has 1 aliphatic rings. The van der Waals surface area contributed by atoms with Gasteiger partial charge in [-0.1, -0.05) is 6.07 Å². The number of aliphatic imine (C=N–C) groups is 1. The molecule has 2 heterocycles. The average Bonchev–Trinajstić information content (AvgIpc) is 2.59. The van der Waals surface area contributed by atoms with E-state index in [2.05, 4.69) is 27.1 Å². The van der Waals surface area contributed by atoms with Crippen LogP contribution in [0.25, 0.3) is 0 Å². The summed E-state index contributed by atoms with van der Waals surface area (Å²) < 4.78 is 11.3. The van der Waals surface area contributed by atoms with E-state index in [4.69, 9.17) is 9.47 Å². The number of piperidine rings is 1. The van der Waals surface area contributed by atoms with Gasteiger partial charge in [0, 0.05) is 45.0 Å². The van der Waals surface area contributed by atoms with Crippen molar-refractivity contribution < 1.29 is 9.47 Å². The Morgan fingerprint density at radius 1 is 1.33 bits per heavy atom. The first-order chi connectivity index (χ1) is 11.3. The van der Waals surface area contributed by atoms with Gasteiger partial charge in [0.05, 0.1) is 12.7 Å². The van der Waals surface area contributed by atoms with E-state index in [1.807, 2.05) is 26.1 Å². The van der Waals surface area contributed by atoms with Crippen molar-refractivity contribution in [3.05, 3.63) is 23.9 Å². The third-order valence-corrected chi connectivity index (χ3v) is 3.92. The Morgan fingerprint density at radius 2 is 2.08 bits per heavy atom. The second-order valence-electron chi connectivity index (χ2n) is 5.44. The first-order valence-corrected chi connectivity index (χ1v) is 8.42. The summed E-state index contributed by atoms with van der Waals surface area (Å²) in [6.45, 7) is 8.01. The average molecular weight is 448 g/mol. The van der Waals surface area contributed by atoms with E-state index in [9.17, 15) is 0 Å². The number of halogens is 1. The Kier molecular flexibility index (Phi) is 10.0. The monoisotopic (exact) mass is 448 g/mol. The minimum atomic E-state index is 0. The van der Waals surface area contributed by atoms with E-state index in [-0.39, 0.29) is 24.0 Å². The molecule has 0 amide bonds. The van der Waals surface area contributed by atoms with Crippen molar-refractivity contribution in [1.29, 1.82) is 0 Å². The molecule has 1 saturated heterocycles. The van der Waals surface area contributed by atoms with Crippen LogP contribution in [0.4, 0.5) is 0 Å². The SMILES string of the molecule is CCOc1ncccc1CNC(=NC)N1CCC(OCC)CC1.I. The summed E-state index contributed by atoms with van der Waals surface area (Å²) in [7, 11) is 1.82. The van der Waals surface area contributed by atoms with Crippen LogP contribution in [0.15, 0.2) is 23.3 Å². The lowest BCUT2D eigenvalue weighted by atomic mass is 10.1. The highest BCUT2D eigenvalue weighted by Gasteiger charge is 2.21. The number of ether oxygens (including phenoxy) is 2. The van der Waals surface area contributed by atoms with Gasteiger partial charge in [0.1, 0.15) is 0 Å². The number of nitrogens with zero attached hydrogens (tertiary/aromatic N) is 3. The largest absolute Gasteiger partial charge is 0.478 e. The quantitative estimate of drug-likeness (QED) is 0.412. The molecule has 0 aromatic carbocycles. The second-order valence-corrected chi connectivity index (χ2v) is 5.44. The molecule has 0 atom stereocenters. The van der Waals surface area contributed by atoms with E-state index >= 15 is 0 Å².